The van der Waals surface area contributed by atoms with Crippen LogP contribution in [0.3, 0.4) is 0 Å². The fraction of sp³-hybridized carbons (Fsp3) is 0.261. The van der Waals surface area contributed by atoms with Crippen molar-refractivity contribution in [3.8, 4) is 62.5 Å². The lowest BCUT2D eigenvalue weighted by atomic mass is 9.54. The van der Waals surface area contributed by atoms with Crippen LogP contribution in [0.4, 0.5) is 0 Å². The van der Waals surface area contributed by atoms with E-state index in [1.807, 2.05) is 66.7 Å². The van der Waals surface area contributed by atoms with Crippen molar-refractivity contribution in [2.75, 3.05) is 0 Å². The molecule has 6 aromatic rings. The van der Waals surface area contributed by atoms with Gasteiger partial charge in [0.25, 0.3) is 0 Å². The molecule has 0 radical (unpaired) electrons. The van der Waals surface area contributed by atoms with Crippen molar-refractivity contribution in [3.63, 3.8) is 0 Å². The lowest BCUT2D eigenvalue weighted by Crippen LogP contribution is -2.42. The third-order valence-electron chi connectivity index (χ3n) is 11.2. The van der Waals surface area contributed by atoms with E-state index in [0.717, 1.165) is 51.1 Å². The summed E-state index contributed by atoms with van der Waals surface area (Å²) < 4.78 is 0. The van der Waals surface area contributed by atoms with E-state index < -0.39 is 0 Å². The van der Waals surface area contributed by atoms with Gasteiger partial charge in [-0.05, 0) is 101 Å². The van der Waals surface area contributed by atoms with Crippen LogP contribution in [0.1, 0.15) is 63.5 Å². The van der Waals surface area contributed by atoms with Gasteiger partial charge in [-0.2, -0.15) is 5.26 Å². The molecule has 50 heavy (non-hydrogen) atoms. The summed E-state index contributed by atoms with van der Waals surface area (Å²) in [5, 5.41) is 9.48. The van der Waals surface area contributed by atoms with Crippen molar-refractivity contribution in [1.82, 2.24) is 15.0 Å². The first-order chi connectivity index (χ1) is 24.5. The summed E-state index contributed by atoms with van der Waals surface area (Å²) in [6.45, 7) is 4.84. The van der Waals surface area contributed by atoms with E-state index in [1.165, 1.54) is 49.7 Å². The van der Waals surface area contributed by atoms with Crippen LogP contribution in [-0.2, 0) is 5.41 Å². The van der Waals surface area contributed by atoms with Crippen molar-refractivity contribution in [1.29, 1.82) is 5.26 Å². The van der Waals surface area contributed by atoms with E-state index in [2.05, 4.69) is 80.6 Å². The Kier molecular flexibility index (Phi) is 8.59. The molecule has 4 atom stereocenters. The molecule has 0 amide bonds. The van der Waals surface area contributed by atoms with Gasteiger partial charge in [0, 0.05) is 16.7 Å². The zero-order chi connectivity index (χ0) is 34.1. The Morgan fingerprint density at radius 2 is 1.24 bits per heavy atom. The quantitative estimate of drug-likeness (QED) is 0.172. The van der Waals surface area contributed by atoms with E-state index in [1.54, 1.807) is 0 Å². The third kappa shape index (κ3) is 6.25. The average molecular weight is 651 g/mol. The Balaban J connectivity index is 1.20. The number of rotatable bonds is 7. The second-order valence-corrected chi connectivity index (χ2v) is 14.7. The highest BCUT2D eigenvalue weighted by Gasteiger charge is 2.45. The molecule has 0 spiro atoms. The van der Waals surface area contributed by atoms with Crippen LogP contribution in [-0.4, -0.2) is 15.0 Å². The van der Waals surface area contributed by atoms with Gasteiger partial charge < -0.3 is 0 Å². The summed E-state index contributed by atoms with van der Waals surface area (Å²) in [6, 6.07) is 46.2. The normalized spacial score (nSPS) is 21.3. The molecular weight excluding hydrogens is 609 g/mol. The molecule has 0 aliphatic heterocycles. The van der Waals surface area contributed by atoms with Crippen molar-refractivity contribution in [2.45, 2.75) is 57.8 Å². The second kappa shape index (κ2) is 13.5. The predicted molar refractivity (Wildman–Crippen MR) is 203 cm³/mol. The van der Waals surface area contributed by atoms with Gasteiger partial charge in [-0.25, -0.2) is 15.0 Å². The number of hydrogen-bond donors (Lipinski definition) is 0. The topological polar surface area (TPSA) is 62.5 Å². The van der Waals surface area contributed by atoms with Crippen LogP contribution in [0.2, 0.25) is 0 Å². The zero-order valence-corrected chi connectivity index (χ0v) is 28.9. The minimum Gasteiger partial charge on any atom is -0.208 e. The van der Waals surface area contributed by atoms with Gasteiger partial charge in [-0.15, -0.1) is 0 Å². The molecule has 2 aliphatic carbocycles. The molecule has 8 rings (SSSR count). The first-order valence-electron chi connectivity index (χ1n) is 18.1. The molecule has 2 fully saturated rings. The molecule has 2 aliphatic rings. The highest BCUT2D eigenvalue weighted by Crippen LogP contribution is 2.55. The molecule has 246 valence electrons. The van der Waals surface area contributed by atoms with Gasteiger partial charge in [0.1, 0.15) is 0 Å². The van der Waals surface area contributed by atoms with Crippen LogP contribution in [0.5, 0.6) is 0 Å². The summed E-state index contributed by atoms with van der Waals surface area (Å²) >= 11 is 0. The van der Waals surface area contributed by atoms with E-state index in [9.17, 15) is 5.26 Å². The third-order valence-corrected chi connectivity index (χ3v) is 11.2. The number of benzene rings is 5. The van der Waals surface area contributed by atoms with E-state index in [-0.39, 0.29) is 0 Å². The van der Waals surface area contributed by atoms with Crippen molar-refractivity contribution < 1.29 is 0 Å². The molecule has 1 unspecified atom stereocenters. The summed E-state index contributed by atoms with van der Waals surface area (Å²) in [7, 11) is 0. The Hall–Kier alpha value is -5.40. The van der Waals surface area contributed by atoms with Crippen LogP contribution in [0, 0.1) is 29.1 Å². The van der Waals surface area contributed by atoms with Crippen molar-refractivity contribution in [3.05, 3.63) is 139 Å². The maximum atomic E-state index is 9.48. The lowest BCUT2D eigenvalue weighted by molar-refractivity contribution is 0.0702. The first-order valence-corrected chi connectivity index (χ1v) is 18.1. The Bertz CT molecular complexity index is 2180. The van der Waals surface area contributed by atoms with Gasteiger partial charge in [0.2, 0.25) is 0 Å². The molecule has 0 N–H and O–H groups in total. The number of aromatic nitrogens is 3. The smallest absolute Gasteiger partial charge is 0.164 e. The van der Waals surface area contributed by atoms with Crippen molar-refractivity contribution in [2.24, 2.45) is 17.8 Å². The summed E-state index contributed by atoms with van der Waals surface area (Å²) in [6.07, 6.45) is 8.05. The van der Waals surface area contributed by atoms with E-state index >= 15 is 0 Å². The highest BCUT2D eigenvalue weighted by molar-refractivity contribution is 5.82. The van der Waals surface area contributed by atoms with Crippen molar-refractivity contribution >= 4 is 0 Å². The Morgan fingerprint density at radius 3 is 2.00 bits per heavy atom. The number of hydrogen-bond acceptors (Lipinski definition) is 4. The van der Waals surface area contributed by atoms with Gasteiger partial charge in [-0.1, -0.05) is 129 Å². The van der Waals surface area contributed by atoms with E-state index in [0.29, 0.717) is 28.5 Å². The molecule has 0 saturated heterocycles. The molecular formula is C46H42N4. The predicted octanol–water partition coefficient (Wildman–Crippen LogP) is 11.6. The van der Waals surface area contributed by atoms with Gasteiger partial charge in [0.05, 0.1) is 11.6 Å². The van der Waals surface area contributed by atoms with Crippen LogP contribution in [0.15, 0.2) is 127 Å². The summed E-state index contributed by atoms with van der Waals surface area (Å²) in [5.74, 6) is 4.37. The van der Waals surface area contributed by atoms with Crippen LogP contribution in [0.25, 0.3) is 56.4 Å². The van der Waals surface area contributed by atoms with Gasteiger partial charge >= 0.3 is 0 Å². The molecule has 1 aromatic heterocycles. The molecule has 5 aromatic carbocycles. The van der Waals surface area contributed by atoms with Crippen LogP contribution >= 0.6 is 0 Å². The summed E-state index contributed by atoms with van der Waals surface area (Å²) in [4.78, 5) is 15.2. The standard InChI is InChI=1S/C46H42N4/c1-3-32-24-34-23-31(2)27-46(28-32,29-34)40-21-19-35(20-22-40)41-17-7-8-18-42(41)45-49-43(36-12-5-4-6-13-36)48-44(50-45)39-16-10-15-38(26-39)37-14-9-11-33(25-37)30-47/h4-22,25-26,31-32,34H,3,23-24,27-29H2,1-2H3/t31-,32+,34-,46?/m0/s1. The zero-order valence-electron chi connectivity index (χ0n) is 28.9. The monoisotopic (exact) mass is 650 g/mol. The van der Waals surface area contributed by atoms with Gasteiger partial charge in [0.15, 0.2) is 17.5 Å². The SMILES string of the molecule is CC[C@@H]1C[C@@H]2C[C@H](C)CC(c3ccc(-c4ccccc4-c4nc(-c5ccccc5)nc(-c5cccc(-c6cccc(C#N)c6)c5)n4)cc3)(C1)C2. The number of nitrogens with zero attached hydrogens (tertiary/aromatic N) is 4. The Morgan fingerprint density at radius 1 is 0.600 bits per heavy atom. The van der Waals surface area contributed by atoms with Gasteiger partial charge in [-0.3, -0.25) is 0 Å². The number of fused-ring (bicyclic) bond motifs is 2. The second-order valence-electron chi connectivity index (χ2n) is 14.7. The fourth-order valence-corrected chi connectivity index (χ4v) is 9.04. The minimum absolute atomic E-state index is 0.303. The first kappa shape index (κ1) is 31.8. The van der Waals surface area contributed by atoms with Crippen LogP contribution < -0.4 is 0 Å². The molecule has 4 heteroatoms. The molecule has 2 saturated carbocycles. The van der Waals surface area contributed by atoms with E-state index in [4.69, 9.17) is 15.0 Å². The maximum Gasteiger partial charge on any atom is 0.164 e. The molecule has 1 heterocycles. The number of nitriles is 1. The summed E-state index contributed by atoms with van der Waals surface area (Å²) in [5.41, 5.74) is 9.53. The molecule has 4 nitrogen and oxygen atoms in total. The average Bonchev–Trinajstić information content (AvgIpc) is 3.17. The Labute approximate surface area is 296 Å². The minimum atomic E-state index is 0.303. The fourth-order valence-electron chi connectivity index (χ4n) is 9.04. The molecule has 2 bridgehead atoms. The largest absolute Gasteiger partial charge is 0.208 e. The highest BCUT2D eigenvalue weighted by atomic mass is 15.0. The lowest BCUT2D eigenvalue weighted by Gasteiger charge is -2.51. The maximum absolute atomic E-state index is 9.48.